The smallest absolute Gasteiger partial charge is 0.229 e. The Morgan fingerprint density at radius 1 is 1.06 bits per heavy atom. The van der Waals surface area contributed by atoms with E-state index in [0.29, 0.717) is 64.2 Å². The third-order valence-corrected chi connectivity index (χ3v) is 6.34. The first-order valence-electron chi connectivity index (χ1n) is 11.5. The van der Waals surface area contributed by atoms with Crippen molar-refractivity contribution < 1.29 is 14.3 Å². The number of carbonyl (C=O) groups excluding carboxylic acids is 1. The normalized spacial score (nSPS) is 12.8. The maximum Gasteiger partial charge on any atom is 0.229 e. The van der Waals surface area contributed by atoms with Gasteiger partial charge in [0, 0.05) is 29.4 Å². The zero-order valence-corrected chi connectivity index (χ0v) is 19.8. The standard InChI is InChI=1S/C29H23ClN2O3/c1-31-27-16-24-26(17-29(27)34-18-20-5-3-2-4-6-20)32-12-11-28(24)35-23-10-9-21(25(30)15-23)14-22(33)13-19-7-8-19/h2-6,9-12,15-17,19H,7-8,13-14,18H2. The van der Waals surface area contributed by atoms with E-state index in [1.165, 1.54) is 0 Å². The molecule has 0 radical (unpaired) electrons. The zero-order chi connectivity index (χ0) is 24.2. The van der Waals surface area contributed by atoms with Crippen LogP contribution in [0.4, 0.5) is 5.69 Å². The van der Waals surface area contributed by atoms with E-state index in [9.17, 15) is 4.79 Å². The molecule has 4 aromatic rings. The van der Waals surface area contributed by atoms with E-state index >= 15 is 0 Å². The molecular weight excluding hydrogens is 460 g/mol. The molecule has 0 bridgehead atoms. The van der Waals surface area contributed by atoms with E-state index in [-0.39, 0.29) is 5.78 Å². The molecule has 174 valence electrons. The quantitative estimate of drug-likeness (QED) is 0.229. The van der Waals surface area contributed by atoms with Crippen LogP contribution in [0.25, 0.3) is 15.7 Å². The number of nitrogens with zero attached hydrogens (tertiary/aromatic N) is 2. The minimum atomic E-state index is 0.222. The highest BCUT2D eigenvalue weighted by atomic mass is 35.5. The van der Waals surface area contributed by atoms with Gasteiger partial charge < -0.3 is 9.47 Å². The van der Waals surface area contributed by atoms with Gasteiger partial charge in [-0.15, -0.1) is 0 Å². The molecule has 0 aliphatic heterocycles. The fraction of sp³-hybridized carbons (Fsp3) is 0.207. The van der Waals surface area contributed by atoms with Gasteiger partial charge in [0.15, 0.2) is 0 Å². The van der Waals surface area contributed by atoms with Gasteiger partial charge in [0.1, 0.15) is 29.6 Å². The molecule has 0 unspecified atom stereocenters. The van der Waals surface area contributed by atoms with Crippen LogP contribution in [-0.4, -0.2) is 10.8 Å². The molecular formula is C29H23ClN2O3. The van der Waals surface area contributed by atoms with E-state index < -0.39 is 0 Å². The number of ether oxygens (including phenoxy) is 2. The van der Waals surface area contributed by atoms with Gasteiger partial charge in [-0.2, -0.15) is 0 Å². The summed E-state index contributed by atoms with van der Waals surface area (Å²) in [7, 11) is 0. The lowest BCUT2D eigenvalue weighted by Crippen LogP contribution is -2.04. The SMILES string of the molecule is [C-]#[N+]c1cc2c(Oc3ccc(CC(=O)CC4CC4)c(Cl)c3)ccnc2cc1OCc1ccccc1. The van der Waals surface area contributed by atoms with Gasteiger partial charge in [0.25, 0.3) is 0 Å². The highest BCUT2D eigenvalue weighted by Gasteiger charge is 2.24. The van der Waals surface area contributed by atoms with Crippen LogP contribution in [0.2, 0.25) is 5.02 Å². The van der Waals surface area contributed by atoms with E-state index in [2.05, 4.69) is 9.83 Å². The Hall–Kier alpha value is -3.88. The second-order valence-corrected chi connectivity index (χ2v) is 9.16. The maximum absolute atomic E-state index is 12.2. The van der Waals surface area contributed by atoms with Gasteiger partial charge in [-0.05, 0) is 60.2 Å². The van der Waals surface area contributed by atoms with Crippen LogP contribution in [0.15, 0.2) is 72.9 Å². The van der Waals surface area contributed by atoms with Gasteiger partial charge >= 0.3 is 0 Å². The van der Waals surface area contributed by atoms with Crippen molar-refractivity contribution in [2.45, 2.75) is 32.3 Å². The zero-order valence-electron chi connectivity index (χ0n) is 19.0. The van der Waals surface area contributed by atoms with Crippen LogP contribution in [0.1, 0.15) is 30.4 Å². The van der Waals surface area contributed by atoms with Crippen LogP contribution in [0.5, 0.6) is 17.2 Å². The Labute approximate surface area is 209 Å². The minimum Gasteiger partial charge on any atom is -0.500 e. The Bertz CT molecular complexity index is 1430. The van der Waals surface area contributed by atoms with Crippen molar-refractivity contribution in [3.63, 3.8) is 0 Å². The van der Waals surface area contributed by atoms with Crippen LogP contribution >= 0.6 is 11.6 Å². The van der Waals surface area contributed by atoms with Gasteiger partial charge in [-0.25, -0.2) is 4.85 Å². The number of hydrogen-bond donors (Lipinski definition) is 0. The van der Waals surface area contributed by atoms with Gasteiger partial charge in [0.2, 0.25) is 5.69 Å². The van der Waals surface area contributed by atoms with Crippen LogP contribution in [0.3, 0.4) is 0 Å². The topological polar surface area (TPSA) is 52.8 Å². The molecule has 1 heterocycles. The highest BCUT2D eigenvalue weighted by molar-refractivity contribution is 6.31. The van der Waals surface area contributed by atoms with Crippen molar-refractivity contribution in [1.82, 2.24) is 4.98 Å². The third kappa shape index (κ3) is 5.62. The molecule has 5 rings (SSSR count). The Morgan fingerprint density at radius 3 is 2.63 bits per heavy atom. The summed E-state index contributed by atoms with van der Waals surface area (Å²) in [6.07, 6.45) is 4.94. The molecule has 1 aliphatic rings. The number of ketones is 1. The second kappa shape index (κ2) is 10.2. The molecule has 0 amide bonds. The molecule has 3 aromatic carbocycles. The Balaban J connectivity index is 1.36. The minimum absolute atomic E-state index is 0.222. The Kier molecular flexibility index (Phi) is 6.65. The number of benzene rings is 3. The fourth-order valence-corrected chi connectivity index (χ4v) is 4.19. The molecule has 1 fully saturated rings. The molecule has 5 nitrogen and oxygen atoms in total. The molecule has 0 N–H and O–H groups in total. The predicted molar refractivity (Wildman–Crippen MR) is 136 cm³/mol. The molecule has 1 aromatic heterocycles. The van der Waals surface area contributed by atoms with Gasteiger partial charge in [-0.3, -0.25) is 9.78 Å². The predicted octanol–water partition coefficient (Wildman–Crippen LogP) is 7.72. The van der Waals surface area contributed by atoms with Crippen molar-refractivity contribution in [1.29, 1.82) is 0 Å². The Morgan fingerprint density at radius 2 is 1.89 bits per heavy atom. The summed E-state index contributed by atoms with van der Waals surface area (Å²) >= 11 is 6.46. The largest absolute Gasteiger partial charge is 0.500 e. The first kappa shape index (κ1) is 22.9. The number of aromatic nitrogens is 1. The lowest BCUT2D eigenvalue weighted by atomic mass is 10.0. The van der Waals surface area contributed by atoms with Crippen LogP contribution in [0, 0.1) is 12.5 Å². The van der Waals surface area contributed by atoms with E-state index in [0.717, 1.165) is 24.0 Å². The molecule has 0 atom stereocenters. The summed E-state index contributed by atoms with van der Waals surface area (Å²) in [5.74, 6) is 2.37. The highest BCUT2D eigenvalue weighted by Crippen LogP contribution is 2.38. The molecule has 1 aliphatic carbocycles. The maximum atomic E-state index is 12.2. The van der Waals surface area contributed by atoms with Crippen molar-refractivity contribution >= 4 is 34.0 Å². The number of hydrogen-bond acceptors (Lipinski definition) is 4. The lowest BCUT2D eigenvalue weighted by molar-refractivity contribution is -0.118. The van der Waals surface area contributed by atoms with Gasteiger partial charge in [0.05, 0.1) is 12.1 Å². The van der Waals surface area contributed by atoms with E-state index in [1.54, 1.807) is 30.5 Å². The number of carbonyl (C=O) groups is 1. The summed E-state index contributed by atoms with van der Waals surface area (Å²) in [4.78, 5) is 20.3. The molecule has 0 saturated heterocycles. The van der Waals surface area contributed by atoms with Gasteiger partial charge in [-0.1, -0.05) is 48.0 Å². The average Bonchev–Trinajstić information content (AvgIpc) is 3.68. The van der Waals surface area contributed by atoms with Crippen LogP contribution < -0.4 is 9.47 Å². The first-order chi connectivity index (χ1) is 17.1. The average molecular weight is 483 g/mol. The van der Waals surface area contributed by atoms with Crippen molar-refractivity contribution in [2.24, 2.45) is 5.92 Å². The number of fused-ring (bicyclic) bond motifs is 1. The molecule has 0 spiro atoms. The fourth-order valence-electron chi connectivity index (χ4n) is 3.95. The summed E-state index contributed by atoms with van der Waals surface area (Å²) in [5.41, 5.74) is 2.86. The monoisotopic (exact) mass is 482 g/mol. The third-order valence-electron chi connectivity index (χ3n) is 5.99. The lowest BCUT2D eigenvalue weighted by Gasteiger charge is -2.13. The number of halogens is 1. The summed E-state index contributed by atoms with van der Waals surface area (Å²) in [6.45, 7) is 7.99. The summed E-state index contributed by atoms with van der Waals surface area (Å²) < 4.78 is 12.1. The number of rotatable bonds is 9. The first-order valence-corrected chi connectivity index (χ1v) is 11.9. The van der Waals surface area contributed by atoms with E-state index in [4.69, 9.17) is 27.6 Å². The number of pyridine rings is 1. The van der Waals surface area contributed by atoms with Crippen molar-refractivity contribution in [2.75, 3.05) is 0 Å². The number of Topliss-reactive ketones (excluding diaryl/α,β-unsaturated/α-hetero) is 1. The molecule has 35 heavy (non-hydrogen) atoms. The van der Waals surface area contributed by atoms with Crippen molar-refractivity contribution in [3.05, 3.63) is 100 Å². The van der Waals surface area contributed by atoms with Crippen molar-refractivity contribution in [3.8, 4) is 17.2 Å². The molecule has 1 saturated carbocycles. The summed E-state index contributed by atoms with van der Waals surface area (Å²) in [5, 5.41) is 1.20. The van der Waals surface area contributed by atoms with Crippen LogP contribution in [-0.2, 0) is 17.8 Å². The summed E-state index contributed by atoms with van der Waals surface area (Å²) in [6, 6.07) is 20.4. The van der Waals surface area contributed by atoms with E-state index in [1.807, 2.05) is 42.5 Å². The second-order valence-electron chi connectivity index (χ2n) is 8.75. The molecule has 6 heteroatoms.